The van der Waals surface area contributed by atoms with Crippen molar-refractivity contribution in [2.45, 2.75) is 6.54 Å². The number of halogens is 2. The fourth-order valence-electron chi connectivity index (χ4n) is 1.89. The highest BCUT2D eigenvalue weighted by molar-refractivity contribution is 6.31. The predicted molar refractivity (Wildman–Crippen MR) is 86.5 cm³/mol. The monoisotopic (exact) mass is 351 g/mol. The van der Waals surface area contributed by atoms with E-state index in [0.717, 1.165) is 11.6 Å². The number of rotatable bonds is 6. The molecule has 2 aromatic rings. The summed E-state index contributed by atoms with van der Waals surface area (Å²) in [7, 11) is 1.32. The molecule has 0 heterocycles. The maximum Gasteiger partial charge on any atom is 0.338 e. The van der Waals surface area contributed by atoms with E-state index >= 15 is 0 Å². The molecule has 0 saturated carbocycles. The molecule has 0 radical (unpaired) electrons. The van der Waals surface area contributed by atoms with E-state index in [0.29, 0.717) is 5.02 Å². The van der Waals surface area contributed by atoms with Crippen LogP contribution >= 0.6 is 11.6 Å². The summed E-state index contributed by atoms with van der Waals surface area (Å²) in [6, 6.07) is 10.7. The maximum atomic E-state index is 13.5. The van der Waals surface area contributed by atoms with Gasteiger partial charge < -0.3 is 14.8 Å². The van der Waals surface area contributed by atoms with Crippen molar-refractivity contribution in [2.24, 2.45) is 0 Å². The average molecular weight is 352 g/mol. The molecule has 0 aliphatic carbocycles. The Morgan fingerprint density at radius 2 is 1.96 bits per heavy atom. The third-order valence-corrected chi connectivity index (χ3v) is 3.52. The Kier molecular flexibility index (Phi) is 6.14. The van der Waals surface area contributed by atoms with E-state index in [1.54, 1.807) is 24.3 Å². The first-order chi connectivity index (χ1) is 11.5. The molecule has 7 heteroatoms. The molecule has 0 saturated heterocycles. The molecule has 0 aliphatic heterocycles. The second-order valence-electron chi connectivity index (χ2n) is 4.79. The van der Waals surface area contributed by atoms with Crippen LogP contribution in [0.3, 0.4) is 0 Å². The zero-order chi connectivity index (χ0) is 17.5. The Hall–Kier alpha value is -2.60. The van der Waals surface area contributed by atoms with Crippen LogP contribution in [0, 0.1) is 5.82 Å². The van der Waals surface area contributed by atoms with E-state index in [1.165, 1.54) is 19.2 Å². The summed E-state index contributed by atoms with van der Waals surface area (Å²) in [5, 5.41) is 3.11. The van der Waals surface area contributed by atoms with Gasteiger partial charge in [0, 0.05) is 11.6 Å². The molecule has 0 fully saturated rings. The SMILES string of the molecule is COc1ccc(C(=O)OCC(=O)NCc2ccccc2Cl)cc1F. The van der Waals surface area contributed by atoms with Crippen molar-refractivity contribution in [1.29, 1.82) is 0 Å². The second-order valence-corrected chi connectivity index (χ2v) is 5.20. The number of esters is 1. The first kappa shape index (κ1) is 17.7. The van der Waals surface area contributed by atoms with E-state index in [1.807, 2.05) is 0 Å². The Bertz CT molecular complexity index is 751. The number of hydrogen-bond acceptors (Lipinski definition) is 4. The van der Waals surface area contributed by atoms with Crippen LogP contribution in [0.25, 0.3) is 0 Å². The lowest BCUT2D eigenvalue weighted by molar-refractivity contribution is -0.124. The topological polar surface area (TPSA) is 64.6 Å². The largest absolute Gasteiger partial charge is 0.494 e. The van der Waals surface area contributed by atoms with Crippen molar-refractivity contribution in [3.8, 4) is 5.75 Å². The fourth-order valence-corrected chi connectivity index (χ4v) is 2.10. The number of hydrogen-bond donors (Lipinski definition) is 1. The number of carbonyl (C=O) groups excluding carboxylic acids is 2. The van der Waals surface area contributed by atoms with Gasteiger partial charge in [0.25, 0.3) is 5.91 Å². The minimum absolute atomic E-state index is 0.00722. The van der Waals surface area contributed by atoms with E-state index in [4.69, 9.17) is 21.1 Å². The van der Waals surface area contributed by atoms with Gasteiger partial charge in [0.2, 0.25) is 0 Å². The number of benzene rings is 2. The lowest BCUT2D eigenvalue weighted by Crippen LogP contribution is -2.28. The van der Waals surface area contributed by atoms with Crippen LogP contribution in [0.15, 0.2) is 42.5 Å². The molecule has 0 bridgehead atoms. The summed E-state index contributed by atoms with van der Waals surface area (Å²) in [5.41, 5.74) is 0.739. The standard InChI is InChI=1S/C17H15ClFNO4/c1-23-15-7-6-11(8-14(15)19)17(22)24-10-16(21)20-9-12-4-2-3-5-13(12)18/h2-8H,9-10H2,1H3,(H,20,21). The number of ether oxygens (including phenoxy) is 2. The summed E-state index contributed by atoms with van der Waals surface area (Å²) < 4.78 is 23.1. The van der Waals surface area contributed by atoms with Crippen LogP contribution < -0.4 is 10.1 Å². The molecule has 0 unspecified atom stereocenters. The van der Waals surface area contributed by atoms with Crippen molar-refractivity contribution in [1.82, 2.24) is 5.32 Å². The van der Waals surface area contributed by atoms with Gasteiger partial charge >= 0.3 is 5.97 Å². The summed E-state index contributed by atoms with van der Waals surface area (Å²) in [4.78, 5) is 23.5. The zero-order valence-corrected chi connectivity index (χ0v) is 13.6. The van der Waals surface area contributed by atoms with Gasteiger partial charge in [0.05, 0.1) is 12.7 Å². The van der Waals surface area contributed by atoms with E-state index < -0.39 is 24.3 Å². The van der Waals surface area contributed by atoms with Gasteiger partial charge in [-0.2, -0.15) is 0 Å². The summed E-state index contributed by atoms with van der Waals surface area (Å²) in [6.45, 7) is -0.260. The van der Waals surface area contributed by atoms with E-state index in [2.05, 4.69) is 5.32 Å². The van der Waals surface area contributed by atoms with Crippen molar-refractivity contribution in [3.63, 3.8) is 0 Å². The second kappa shape index (κ2) is 8.31. The van der Waals surface area contributed by atoms with Gasteiger partial charge in [0.15, 0.2) is 18.2 Å². The summed E-state index contributed by atoms with van der Waals surface area (Å²) in [6.07, 6.45) is 0. The minimum atomic E-state index is -0.801. The quantitative estimate of drug-likeness (QED) is 0.813. The van der Waals surface area contributed by atoms with Crippen molar-refractivity contribution in [2.75, 3.05) is 13.7 Å². The highest BCUT2D eigenvalue weighted by atomic mass is 35.5. The molecule has 1 N–H and O–H groups in total. The Morgan fingerprint density at radius 1 is 1.21 bits per heavy atom. The third-order valence-electron chi connectivity index (χ3n) is 3.16. The summed E-state index contributed by atoms with van der Waals surface area (Å²) >= 11 is 5.97. The molecule has 1 amide bonds. The Labute approximate surface area is 143 Å². The molecule has 126 valence electrons. The highest BCUT2D eigenvalue weighted by Gasteiger charge is 2.13. The molecule has 0 aliphatic rings. The number of carbonyl (C=O) groups is 2. The zero-order valence-electron chi connectivity index (χ0n) is 12.8. The van der Waals surface area contributed by atoms with Gasteiger partial charge in [-0.25, -0.2) is 9.18 Å². The number of nitrogens with one attached hydrogen (secondary N) is 1. The number of amides is 1. The smallest absolute Gasteiger partial charge is 0.338 e. The average Bonchev–Trinajstić information content (AvgIpc) is 2.58. The highest BCUT2D eigenvalue weighted by Crippen LogP contribution is 2.18. The fraction of sp³-hybridized carbons (Fsp3) is 0.176. The van der Waals surface area contributed by atoms with Gasteiger partial charge in [-0.05, 0) is 29.8 Å². The van der Waals surface area contributed by atoms with Crippen LogP contribution in [0.4, 0.5) is 4.39 Å². The maximum absolute atomic E-state index is 13.5. The van der Waals surface area contributed by atoms with Crippen LogP contribution in [0.2, 0.25) is 5.02 Å². The van der Waals surface area contributed by atoms with Crippen LogP contribution in [0.5, 0.6) is 5.75 Å². The van der Waals surface area contributed by atoms with Crippen molar-refractivity contribution >= 4 is 23.5 Å². The van der Waals surface area contributed by atoms with Gasteiger partial charge in [-0.3, -0.25) is 4.79 Å². The van der Waals surface area contributed by atoms with Gasteiger partial charge in [-0.15, -0.1) is 0 Å². The van der Waals surface area contributed by atoms with Crippen LogP contribution in [0.1, 0.15) is 15.9 Å². The van der Waals surface area contributed by atoms with Gasteiger partial charge in [-0.1, -0.05) is 29.8 Å². The molecular weight excluding hydrogens is 337 g/mol. The Morgan fingerprint density at radius 3 is 2.62 bits per heavy atom. The lowest BCUT2D eigenvalue weighted by Gasteiger charge is -2.08. The number of methoxy groups -OCH3 is 1. The molecule has 5 nitrogen and oxygen atoms in total. The van der Waals surface area contributed by atoms with Crippen molar-refractivity contribution in [3.05, 3.63) is 64.4 Å². The predicted octanol–water partition coefficient (Wildman–Crippen LogP) is 2.96. The van der Waals surface area contributed by atoms with E-state index in [9.17, 15) is 14.0 Å². The first-order valence-electron chi connectivity index (χ1n) is 7.02. The first-order valence-corrected chi connectivity index (χ1v) is 7.40. The normalized spacial score (nSPS) is 10.1. The third kappa shape index (κ3) is 4.70. The molecule has 2 rings (SSSR count). The summed E-state index contributed by atoms with van der Waals surface area (Å²) in [5.74, 6) is -1.96. The molecule has 0 aromatic heterocycles. The minimum Gasteiger partial charge on any atom is -0.494 e. The van der Waals surface area contributed by atoms with Crippen molar-refractivity contribution < 1.29 is 23.5 Å². The van der Waals surface area contributed by atoms with Crippen LogP contribution in [-0.4, -0.2) is 25.6 Å². The molecule has 2 aromatic carbocycles. The Balaban J connectivity index is 1.84. The van der Waals surface area contributed by atoms with Crippen LogP contribution in [-0.2, 0) is 16.1 Å². The van der Waals surface area contributed by atoms with E-state index in [-0.39, 0.29) is 17.9 Å². The van der Waals surface area contributed by atoms with Gasteiger partial charge in [0.1, 0.15) is 0 Å². The molecular formula is C17H15ClFNO4. The molecule has 24 heavy (non-hydrogen) atoms. The molecule has 0 spiro atoms. The molecule has 0 atom stereocenters. The lowest BCUT2D eigenvalue weighted by atomic mass is 10.2.